The zero-order chi connectivity index (χ0) is 16.3. The molecule has 8 nitrogen and oxygen atoms in total. The Kier molecular flexibility index (Phi) is 4.41. The maximum absolute atomic E-state index is 12.1. The van der Waals surface area contributed by atoms with Crippen LogP contribution in [-0.2, 0) is 19.1 Å². The summed E-state index contributed by atoms with van der Waals surface area (Å²) >= 11 is 0. The van der Waals surface area contributed by atoms with Crippen molar-refractivity contribution < 1.29 is 24.0 Å². The molecule has 1 fully saturated rings. The number of nitrogens with one attached hydrogen (secondary N) is 1. The van der Waals surface area contributed by atoms with Crippen LogP contribution >= 0.6 is 0 Å². The average Bonchev–Trinajstić information content (AvgIpc) is 3.25. The van der Waals surface area contributed by atoms with E-state index >= 15 is 0 Å². The minimum Gasteiger partial charge on any atom is -0.464 e. The van der Waals surface area contributed by atoms with Crippen LogP contribution in [0.1, 0.15) is 25.5 Å². The summed E-state index contributed by atoms with van der Waals surface area (Å²) < 4.78 is 9.88. The number of hydrogen-bond acceptors (Lipinski definition) is 7. The predicted molar refractivity (Wildman–Crippen MR) is 75.0 cm³/mol. The Morgan fingerprint density at radius 1 is 1.18 bits per heavy atom. The lowest BCUT2D eigenvalue weighted by Gasteiger charge is -2.12. The van der Waals surface area contributed by atoms with E-state index in [1.165, 1.54) is 24.3 Å². The second-order valence-corrected chi connectivity index (χ2v) is 4.67. The van der Waals surface area contributed by atoms with Gasteiger partial charge in [-0.1, -0.05) is 12.1 Å². The fourth-order valence-corrected chi connectivity index (χ4v) is 2.23. The lowest BCUT2D eigenvalue weighted by molar-refractivity contribution is -0.384. The number of hydrogen-bond donors (Lipinski definition) is 1. The van der Waals surface area contributed by atoms with Gasteiger partial charge in [0, 0.05) is 12.1 Å². The van der Waals surface area contributed by atoms with E-state index in [1.807, 2.05) is 0 Å². The summed E-state index contributed by atoms with van der Waals surface area (Å²) in [6.07, 6.45) is 0. The molecule has 2 rings (SSSR count). The van der Waals surface area contributed by atoms with Crippen LogP contribution in [0.5, 0.6) is 0 Å². The molecule has 0 aliphatic carbocycles. The van der Waals surface area contributed by atoms with Crippen LogP contribution in [0.25, 0.3) is 0 Å². The summed E-state index contributed by atoms with van der Waals surface area (Å²) in [6.45, 7) is 3.54. The molecular weight excluding hydrogens is 292 g/mol. The number of nitrogens with zero attached hydrogens (tertiary/aromatic N) is 1. The highest BCUT2D eigenvalue weighted by Crippen LogP contribution is 2.43. The molecule has 8 heteroatoms. The highest BCUT2D eigenvalue weighted by atomic mass is 16.6. The van der Waals surface area contributed by atoms with Crippen LogP contribution < -0.4 is 5.32 Å². The molecule has 0 spiro atoms. The van der Waals surface area contributed by atoms with Gasteiger partial charge in [0.25, 0.3) is 5.69 Å². The molecule has 1 aliphatic rings. The van der Waals surface area contributed by atoms with Crippen molar-refractivity contribution in [2.45, 2.75) is 25.4 Å². The molecule has 1 aliphatic heterocycles. The van der Waals surface area contributed by atoms with E-state index in [-0.39, 0.29) is 18.9 Å². The number of nitro groups is 1. The number of ether oxygens (including phenoxy) is 2. The first kappa shape index (κ1) is 15.9. The quantitative estimate of drug-likeness (QED) is 0.275. The third-order valence-electron chi connectivity index (χ3n) is 3.35. The number of carbonyl (C=O) groups excluding carboxylic acids is 2. The van der Waals surface area contributed by atoms with Crippen LogP contribution in [0.4, 0.5) is 5.69 Å². The monoisotopic (exact) mass is 308 g/mol. The molecule has 22 heavy (non-hydrogen) atoms. The molecule has 118 valence electrons. The summed E-state index contributed by atoms with van der Waals surface area (Å²) in [4.78, 5) is 34.4. The Hall–Kier alpha value is -2.48. The van der Waals surface area contributed by atoms with Crippen molar-refractivity contribution in [2.75, 3.05) is 13.2 Å². The van der Waals surface area contributed by atoms with E-state index in [0.717, 1.165) is 0 Å². The minimum atomic E-state index is -1.57. The summed E-state index contributed by atoms with van der Waals surface area (Å²) in [6, 6.07) is 5.00. The molecule has 1 heterocycles. The highest BCUT2D eigenvalue weighted by Gasteiger charge is 2.68. The largest absolute Gasteiger partial charge is 0.464 e. The molecule has 0 aromatic heterocycles. The topological polar surface area (TPSA) is 118 Å². The number of nitro benzene ring substituents is 1. The fraction of sp³-hybridized carbons (Fsp3) is 0.429. The van der Waals surface area contributed by atoms with Gasteiger partial charge in [0.1, 0.15) is 0 Å². The normalized spacial score (nSPS) is 18.4. The zero-order valence-electron chi connectivity index (χ0n) is 12.2. The predicted octanol–water partition coefficient (Wildman–Crippen LogP) is 1.10. The first-order chi connectivity index (χ1) is 10.5. The first-order valence-corrected chi connectivity index (χ1v) is 6.83. The van der Waals surface area contributed by atoms with E-state index in [1.54, 1.807) is 13.8 Å². The summed E-state index contributed by atoms with van der Waals surface area (Å²) in [5, 5.41) is 13.5. The van der Waals surface area contributed by atoms with Crippen molar-refractivity contribution >= 4 is 17.6 Å². The molecule has 1 aromatic rings. The molecule has 1 N–H and O–H groups in total. The van der Waals surface area contributed by atoms with Crippen molar-refractivity contribution in [3.8, 4) is 0 Å². The Bertz CT molecular complexity index is 580. The van der Waals surface area contributed by atoms with Gasteiger partial charge in [-0.25, -0.2) is 9.59 Å². The van der Waals surface area contributed by atoms with Gasteiger partial charge in [0.05, 0.1) is 24.2 Å². The van der Waals surface area contributed by atoms with Crippen molar-refractivity contribution in [1.82, 2.24) is 5.32 Å². The third-order valence-corrected chi connectivity index (χ3v) is 3.35. The van der Waals surface area contributed by atoms with Crippen LogP contribution in [0, 0.1) is 10.1 Å². The number of carbonyl (C=O) groups is 2. The first-order valence-electron chi connectivity index (χ1n) is 6.83. The average molecular weight is 308 g/mol. The van der Waals surface area contributed by atoms with E-state index in [9.17, 15) is 19.7 Å². The summed E-state index contributed by atoms with van der Waals surface area (Å²) in [5.41, 5.74) is -1.06. The van der Waals surface area contributed by atoms with Gasteiger partial charge < -0.3 is 9.47 Å². The van der Waals surface area contributed by atoms with Gasteiger partial charge in [-0.3, -0.25) is 15.4 Å². The van der Waals surface area contributed by atoms with Gasteiger partial charge in [-0.05, 0) is 19.4 Å². The van der Waals surface area contributed by atoms with Gasteiger partial charge in [-0.2, -0.15) is 0 Å². The summed E-state index contributed by atoms with van der Waals surface area (Å²) in [5.74, 6) is -1.42. The lowest BCUT2D eigenvalue weighted by atomic mass is 9.99. The number of esters is 2. The Morgan fingerprint density at radius 2 is 1.68 bits per heavy atom. The highest BCUT2D eigenvalue weighted by molar-refractivity contribution is 6.10. The number of rotatable bonds is 6. The van der Waals surface area contributed by atoms with E-state index in [4.69, 9.17) is 9.47 Å². The van der Waals surface area contributed by atoms with Crippen LogP contribution in [0.15, 0.2) is 24.3 Å². The third kappa shape index (κ3) is 2.64. The van der Waals surface area contributed by atoms with E-state index in [0.29, 0.717) is 5.56 Å². The van der Waals surface area contributed by atoms with Crippen molar-refractivity contribution in [2.24, 2.45) is 0 Å². The standard InChI is InChI=1S/C14H16N2O6/c1-3-21-12(17)14(13(18)22-4-2)11(15-14)9-5-7-10(8-6-9)16(19)20/h5-8,11,15H,3-4H2,1-2H3. The second-order valence-electron chi connectivity index (χ2n) is 4.67. The van der Waals surface area contributed by atoms with Gasteiger partial charge in [0.15, 0.2) is 0 Å². The molecule has 1 atom stereocenters. The molecule has 0 bridgehead atoms. The SMILES string of the molecule is CCOC(=O)C1(C(=O)OCC)NC1c1ccc([N+](=O)[O-])cc1. The lowest BCUT2D eigenvalue weighted by Crippen LogP contribution is -2.40. The molecule has 1 saturated heterocycles. The van der Waals surface area contributed by atoms with Crippen molar-refractivity contribution in [3.05, 3.63) is 39.9 Å². The minimum absolute atomic E-state index is 0.0673. The molecule has 0 amide bonds. The fourth-order valence-electron chi connectivity index (χ4n) is 2.23. The zero-order valence-corrected chi connectivity index (χ0v) is 12.2. The molecular formula is C14H16N2O6. The van der Waals surface area contributed by atoms with Gasteiger partial charge in [-0.15, -0.1) is 0 Å². The van der Waals surface area contributed by atoms with Crippen molar-refractivity contribution in [1.29, 1.82) is 0 Å². The molecule has 1 aromatic carbocycles. The molecule has 0 saturated carbocycles. The Morgan fingerprint density at radius 3 is 2.09 bits per heavy atom. The smallest absolute Gasteiger partial charge is 0.340 e. The maximum atomic E-state index is 12.1. The Labute approximate surface area is 126 Å². The van der Waals surface area contributed by atoms with Crippen LogP contribution in [0.3, 0.4) is 0 Å². The Balaban J connectivity index is 2.26. The van der Waals surface area contributed by atoms with Crippen LogP contribution in [-0.4, -0.2) is 35.6 Å². The van der Waals surface area contributed by atoms with E-state index < -0.39 is 28.4 Å². The van der Waals surface area contributed by atoms with Gasteiger partial charge in [0.2, 0.25) is 5.54 Å². The van der Waals surface area contributed by atoms with E-state index in [2.05, 4.69) is 5.32 Å². The van der Waals surface area contributed by atoms with Crippen LogP contribution in [0.2, 0.25) is 0 Å². The maximum Gasteiger partial charge on any atom is 0.340 e. The second kappa shape index (κ2) is 6.10. The summed E-state index contributed by atoms with van der Waals surface area (Å²) in [7, 11) is 0. The number of benzene rings is 1. The van der Waals surface area contributed by atoms with Crippen molar-refractivity contribution in [3.63, 3.8) is 0 Å². The molecule has 0 radical (unpaired) electrons. The molecule has 1 unspecified atom stereocenters. The van der Waals surface area contributed by atoms with Gasteiger partial charge >= 0.3 is 11.9 Å². The number of non-ortho nitro benzene ring substituents is 1.